The molecule has 1 aliphatic rings. The Balaban J connectivity index is 1.52. The summed E-state index contributed by atoms with van der Waals surface area (Å²) in [7, 11) is 0. The fourth-order valence-corrected chi connectivity index (χ4v) is 3.55. The zero-order valence-corrected chi connectivity index (χ0v) is 16.4. The Hall–Kier alpha value is -3.88. The lowest BCUT2D eigenvalue weighted by Crippen LogP contribution is -2.47. The summed E-state index contributed by atoms with van der Waals surface area (Å²) in [4.78, 5) is 25.4. The van der Waals surface area contributed by atoms with Crippen LogP contribution < -0.4 is 10.6 Å². The Labute approximate surface area is 176 Å². The van der Waals surface area contributed by atoms with Crippen LogP contribution >= 0.6 is 0 Å². The zero-order chi connectivity index (χ0) is 22.0. The van der Waals surface area contributed by atoms with Gasteiger partial charge in [-0.25, -0.2) is 13.5 Å². The van der Waals surface area contributed by atoms with Gasteiger partial charge in [0.1, 0.15) is 17.7 Å². The van der Waals surface area contributed by atoms with E-state index in [2.05, 4.69) is 27.5 Å². The monoisotopic (exact) mass is 423 g/mol. The van der Waals surface area contributed by atoms with Crippen LogP contribution in [0.1, 0.15) is 21.6 Å². The molecule has 2 atom stereocenters. The number of nitrogens with zero attached hydrogens (tertiary/aromatic N) is 3. The first-order valence-corrected chi connectivity index (χ1v) is 9.61. The number of halogens is 2. The van der Waals surface area contributed by atoms with Gasteiger partial charge in [0.05, 0.1) is 18.4 Å². The number of nitrogens with one attached hydrogen (secondary N) is 2. The molecule has 0 bridgehead atoms. The quantitative estimate of drug-likeness (QED) is 0.618. The largest absolute Gasteiger partial charge is 0.338 e. The maximum atomic E-state index is 14.2. The topological polar surface area (TPSA) is 88.9 Å². The molecule has 2 aromatic carbocycles. The fraction of sp³-hybridized carbons (Fsp3) is 0.182. The summed E-state index contributed by atoms with van der Waals surface area (Å²) >= 11 is 0. The third-order valence-electron chi connectivity index (χ3n) is 5.10. The lowest BCUT2D eigenvalue weighted by Gasteiger charge is -2.21. The van der Waals surface area contributed by atoms with Crippen molar-refractivity contribution in [3.8, 4) is 0 Å². The molecule has 0 saturated carbocycles. The van der Waals surface area contributed by atoms with Crippen molar-refractivity contribution in [1.82, 2.24) is 20.3 Å². The highest BCUT2D eigenvalue weighted by Crippen LogP contribution is 2.29. The number of fused-ring (bicyclic) bond motifs is 1. The van der Waals surface area contributed by atoms with Crippen molar-refractivity contribution in [2.24, 2.45) is 5.92 Å². The van der Waals surface area contributed by atoms with E-state index in [-0.39, 0.29) is 17.8 Å². The van der Waals surface area contributed by atoms with Crippen molar-refractivity contribution in [3.63, 3.8) is 0 Å². The summed E-state index contributed by atoms with van der Waals surface area (Å²) in [5.74, 6) is -3.43. The van der Waals surface area contributed by atoms with E-state index in [0.29, 0.717) is 18.2 Å². The fourth-order valence-electron chi connectivity index (χ4n) is 3.55. The minimum atomic E-state index is -1.04. The van der Waals surface area contributed by atoms with Crippen LogP contribution in [0.4, 0.5) is 14.5 Å². The number of hydrogen-bond donors (Lipinski definition) is 2. The van der Waals surface area contributed by atoms with Gasteiger partial charge in [-0.3, -0.25) is 9.59 Å². The molecular formula is C22H19F2N5O2. The number of rotatable bonds is 5. The number of aromatic nitrogens is 3. The molecule has 158 valence electrons. The second kappa shape index (κ2) is 8.47. The lowest BCUT2D eigenvalue weighted by molar-refractivity contribution is -0.118. The van der Waals surface area contributed by atoms with Crippen LogP contribution in [0.5, 0.6) is 0 Å². The van der Waals surface area contributed by atoms with E-state index in [0.717, 1.165) is 11.6 Å². The number of benzene rings is 2. The maximum Gasteiger partial charge on any atom is 0.274 e. The first kappa shape index (κ1) is 20.4. The summed E-state index contributed by atoms with van der Waals surface area (Å²) in [5.41, 5.74) is 1.22. The van der Waals surface area contributed by atoms with Crippen molar-refractivity contribution in [2.45, 2.75) is 19.0 Å². The highest BCUT2D eigenvalue weighted by molar-refractivity contribution is 6.01. The van der Waals surface area contributed by atoms with E-state index >= 15 is 0 Å². The molecule has 0 radical (unpaired) electrons. The molecule has 0 saturated heterocycles. The number of carbonyl (C=O) groups excluding carboxylic acids is 2. The van der Waals surface area contributed by atoms with Crippen LogP contribution in [0.25, 0.3) is 0 Å². The van der Waals surface area contributed by atoms with Gasteiger partial charge in [0.25, 0.3) is 5.91 Å². The van der Waals surface area contributed by atoms with E-state index in [9.17, 15) is 18.4 Å². The lowest BCUT2D eigenvalue weighted by atomic mass is 9.92. The van der Waals surface area contributed by atoms with Gasteiger partial charge in [0.15, 0.2) is 5.69 Å². The maximum absolute atomic E-state index is 14.2. The van der Waals surface area contributed by atoms with Crippen LogP contribution in [0.3, 0.4) is 0 Å². The van der Waals surface area contributed by atoms with Crippen molar-refractivity contribution in [3.05, 3.63) is 89.8 Å². The molecule has 2 amide bonds. The van der Waals surface area contributed by atoms with Gasteiger partial charge < -0.3 is 10.6 Å². The standard InChI is InChI=1S/C22H19F2N5O2/c1-2-14-8-15-9-16(23)10-17(24)19(15)25-22(31)20(14)26-21(30)18-12-29(28-27-18)11-13-6-4-3-5-7-13/h2-7,9-10,12,14,20H,1,8,11H2,(H,25,31)(H,26,30)/t14-,20-/m1/s1. The molecule has 1 aliphatic heterocycles. The second-order valence-corrected chi connectivity index (χ2v) is 7.25. The number of anilines is 1. The molecule has 0 fully saturated rings. The molecule has 1 aromatic heterocycles. The first-order chi connectivity index (χ1) is 14.9. The number of carbonyl (C=O) groups is 2. The molecule has 2 heterocycles. The smallest absolute Gasteiger partial charge is 0.274 e. The van der Waals surface area contributed by atoms with Crippen LogP contribution in [0, 0.1) is 17.6 Å². The van der Waals surface area contributed by atoms with E-state index in [4.69, 9.17) is 0 Å². The number of hydrogen-bond acceptors (Lipinski definition) is 4. The SMILES string of the molecule is C=C[C@@H]1Cc2cc(F)cc(F)c2NC(=O)[C@@H]1NC(=O)c1cn(Cc2ccccc2)nn1. The second-order valence-electron chi connectivity index (χ2n) is 7.25. The van der Waals surface area contributed by atoms with Gasteiger partial charge in [0.2, 0.25) is 5.91 Å². The summed E-state index contributed by atoms with van der Waals surface area (Å²) in [5, 5.41) is 12.9. The Kier molecular flexibility index (Phi) is 5.57. The summed E-state index contributed by atoms with van der Waals surface area (Å²) in [6, 6.07) is 10.4. The van der Waals surface area contributed by atoms with Crippen molar-refractivity contribution in [1.29, 1.82) is 0 Å². The average molecular weight is 423 g/mol. The predicted octanol–water partition coefficient (Wildman–Crippen LogP) is 2.70. The number of amides is 2. The summed E-state index contributed by atoms with van der Waals surface area (Å²) in [6.45, 7) is 4.14. The molecule has 2 N–H and O–H groups in total. The molecule has 7 nitrogen and oxygen atoms in total. The average Bonchev–Trinajstić information content (AvgIpc) is 3.16. The van der Waals surface area contributed by atoms with Crippen LogP contribution in [0.15, 0.2) is 61.3 Å². The molecule has 4 rings (SSSR count). The van der Waals surface area contributed by atoms with Gasteiger partial charge in [-0.2, -0.15) is 0 Å². The third-order valence-corrected chi connectivity index (χ3v) is 5.10. The van der Waals surface area contributed by atoms with Gasteiger partial charge >= 0.3 is 0 Å². The minimum Gasteiger partial charge on any atom is -0.338 e. The molecule has 0 spiro atoms. The zero-order valence-electron chi connectivity index (χ0n) is 16.4. The summed E-state index contributed by atoms with van der Waals surface area (Å²) in [6.07, 6.45) is 3.08. The van der Waals surface area contributed by atoms with Crippen molar-refractivity contribution >= 4 is 17.5 Å². The van der Waals surface area contributed by atoms with Gasteiger partial charge in [-0.1, -0.05) is 41.6 Å². The van der Waals surface area contributed by atoms with E-state index in [1.54, 1.807) is 0 Å². The van der Waals surface area contributed by atoms with E-state index in [1.165, 1.54) is 17.0 Å². The molecule has 3 aromatic rings. The highest BCUT2D eigenvalue weighted by atomic mass is 19.1. The first-order valence-electron chi connectivity index (χ1n) is 9.61. The van der Waals surface area contributed by atoms with Gasteiger partial charge in [0, 0.05) is 12.0 Å². The molecule has 9 heteroatoms. The van der Waals surface area contributed by atoms with Crippen molar-refractivity contribution in [2.75, 3.05) is 5.32 Å². The Morgan fingerprint density at radius 1 is 1.29 bits per heavy atom. The van der Waals surface area contributed by atoms with Crippen LogP contribution in [-0.4, -0.2) is 32.9 Å². The third kappa shape index (κ3) is 4.35. The van der Waals surface area contributed by atoms with E-state index in [1.807, 2.05) is 30.3 Å². The van der Waals surface area contributed by atoms with Gasteiger partial charge in [-0.05, 0) is 23.6 Å². The Morgan fingerprint density at radius 3 is 2.81 bits per heavy atom. The minimum absolute atomic E-state index is 0.0329. The Morgan fingerprint density at radius 2 is 2.06 bits per heavy atom. The highest BCUT2D eigenvalue weighted by Gasteiger charge is 2.34. The molecular weight excluding hydrogens is 404 g/mol. The van der Waals surface area contributed by atoms with Crippen molar-refractivity contribution < 1.29 is 18.4 Å². The van der Waals surface area contributed by atoms with Gasteiger partial charge in [-0.15, -0.1) is 11.7 Å². The van der Waals surface area contributed by atoms with Crippen LogP contribution in [0.2, 0.25) is 0 Å². The van der Waals surface area contributed by atoms with E-state index < -0.39 is 35.4 Å². The summed E-state index contributed by atoms with van der Waals surface area (Å²) < 4.78 is 29.3. The normalized spacial score (nSPS) is 17.9. The molecule has 0 aliphatic carbocycles. The molecule has 31 heavy (non-hydrogen) atoms. The van der Waals surface area contributed by atoms with Crippen LogP contribution in [-0.2, 0) is 17.8 Å². The molecule has 0 unspecified atom stereocenters. The Bertz CT molecular complexity index is 1150. The predicted molar refractivity (Wildman–Crippen MR) is 109 cm³/mol.